The van der Waals surface area contributed by atoms with Crippen molar-refractivity contribution >= 4 is 23.2 Å². The van der Waals surface area contributed by atoms with Crippen LogP contribution in [-0.4, -0.2) is 28.2 Å². The number of rotatable bonds is 3. The number of carbonyl (C=O) groups is 2. The summed E-state index contributed by atoms with van der Waals surface area (Å²) in [6, 6.07) is 5.46. The van der Waals surface area contributed by atoms with Crippen molar-refractivity contribution in [3.05, 3.63) is 51.7 Å². The van der Waals surface area contributed by atoms with Gasteiger partial charge in [-0.3, -0.25) is 9.59 Å². The van der Waals surface area contributed by atoms with Crippen molar-refractivity contribution in [2.45, 2.75) is 18.9 Å². The molecule has 2 N–H and O–H groups in total. The summed E-state index contributed by atoms with van der Waals surface area (Å²) < 4.78 is 13.3. The SMILES string of the molecule is NC(=O)c1cnc(C2CCCN2C(=O)c2cccc(F)c2)s1. The van der Waals surface area contributed by atoms with Gasteiger partial charge in [0.15, 0.2) is 0 Å². The maximum atomic E-state index is 13.3. The van der Waals surface area contributed by atoms with E-state index in [1.54, 1.807) is 11.0 Å². The minimum absolute atomic E-state index is 0.186. The zero-order chi connectivity index (χ0) is 15.7. The number of hydrogen-bond acceptors (Lipinski definition) is 4. The van der Waals surface area contributed by atoms with Gasteiger partial charge >= 0.3 is 0 Å². The third-order valence-corrected chi connectivity index (χ3v) is 4.75. The molecule has 1 saturated heterocycles. The lowest BCUT2D eigenvalue weighted by Gasteiger charge is -2.23. The van der Waals surface area contributed by atoms with Crippen molar-refractivity contribution in [2.24, 2.45) is 5.73 Å². The Hall–Kier alpha value is -2.28. The van der Waals surface area contributed by atoms with E-state index in [1.165, 1.54) is 35.7 Å². The van der Waals surface area contributed by atoms with Gasteiger partial charge in [-0.15, -0.1) is 11.3 Å². The lowest BCUT2D eigenvalue weighted by molar-refractivity contribution is 0.0734. The number of aromatic nitrogens is 1. The predicted molar refractivity (Wildman–Crippen MR) is 80.0 cm³/mol. The number of halogens is 1. The van der Waals surface area contributed by atoms with Gasteiger partial charge in [0.05, 0.1) is 12.2 Å². The molecule has 5 nitrogen and oxygen atoms in total. The van der Waals surface area contributed by atoms with E-state index in [-0.39, 0.29) is 11.9 Å². The Labute approximate surface area is 130 Å². The molecule has 1 aliphatic heterocycles. The number of nitrogens with two attached hydrogens (primary N) is 1. The van der Waals surface area contributed by atoms with Crippen LogP contribution >= 0.6 is 11.3 Å². The van der Waals surface area contributed by atoms with E-state index < -0.39 is 11.7 Å². The van der Waals surface area contributed by atoms with E-state index >= 15 is 0 Å². The first-order chi connectivity index (χ1) is 10.6. The maximum absolute atomic E-state index is 13.3. The van der Waals surface area contributed by atoms with Crippen LogP contribution in [0.15, 0.2) is 30.5 Å². The first-order valence-corrected chi connectivity index (χ1v) is 7.70. The number of hydrogen-bond donors (Lipinski definition) is 1. The van der Waals surface area contributed by atoms with Crippen LogP contribution in [0.2, 0.25) is 0 Å². The first kappa shape index (κ1) is 14.6. The lowest BCUT2D eigenvalue weighted by Crippen LogP contribution is -2.30. The van der Waals surface area contributed by atoms with Gasteiger partial charge in [0.25, 0.3) is 11.8 Å². The molecule has 0 bridgehead atoms. The van der Waals surface area contributed by atoms with Crippen LogP contribution in [0.5, 0.6) is 0 Å². The number of nitrogens with zero attached hydrogens (tertiary/aromatic N) is 2. The summed E-state index contributed by atoms with van der Waals surface area (Å²) in [7, 11) is 0. The van der Waals surface area contributed by atoms with E-state index in [2.05, 4.69) is 4.98 Å². The van der Waals surface area contributed by atoms with Crippen LogP contribution in [0.1, 0.15) is 43.9 Å². The molecule has 114 valence electrons. The summed E-state index contributed by atoms with van der Waals surface area (Å²) in [5, 5.41) is 0.691. The maximum Gasteiger partial charge on any atom is 0.260 e. The first-order valence-electron chi connectivity index (χ1n) is 6.88. The molecule has 1 aromatic carbocycles. The summed E-state index contributed by atoms with van der Waals surface area (Å²) in [5.41, 5.74) is 5.56. The van der Waals surface area contributed by atoms with E-state index in [9.17, 15) is 14.0 Å². The highest BCUT2D eigenvalue weighted by Gasteiger charge is 2.33. The summed E-state index contributed by atoms with van der Waals surface area (Å²) in [5.74, 6) is -1.19. The topological polar surface area (TPSA) is 76.3 Å². The van der Waals surface area contributed by atoms with Crippen molar-refractivity contribution in [1.29, 1.82) is 0 Å². The number of amides is 2. The number of carbonyl (C=O) groups excluding carboxylic acids is 2. The quantitative estimate of drug-likeness (QED) is 0.943. The largest absolute Gasteiger partial charge is 0.365 e. The molecule has 2 aromatic rings. The zero-order valence-electron chi connectivity index (χ0n) is 11.7. The van der Waals surface area contributed by atoms with Crippen LogP contribution in [-0.2, 0) is 0 Å². The second-order valence-corrected chi connectivity index (χ2v) is 6.16. The average molecular weight is 319 g/mol. The van der Waals surface area contributed by atoms with Crippen molar-refractivity contribution in [1.82, 2.24) is 9.88 Å². The lowest BCUT2D eigenvalue weighted by atomic mass is 10.1. The Balaban J connectivity index is 1.86. The molecule has 1 aliphatic rings. The minimum Gasteiger partial charge on any atom is -0.365 e. The Bertz CT molecular complexity index is 731. The number of benzene rings is 1. The van der Waals surface area contributed by atoms with Gasteiger partial charge in [0, 0.05) is 12.1 Å². The molecule has 7 heteroatoms. The highest BCUT2D eigenvalue weighted by molar-refractivity contribution is 7.13. The van der Waals surface area contributed by atoms with Crippen LogP contribution in [0, 0.1) is 5.82 Å². The van der Waals surface area contributed by atoms with E-state index in [0.717, 1.165) is 12.8 Å². The number of likely N-dealkylation sites (tertiary alicyclic amines) is 1. The fraction of sp³-hybridized carbons (Fsp3) is 0.267. The Morgan fingerprint density at radius 2 is 2.23 bits per heavy atom. The Morgan fingerprint density at radius 3 is 2.91 bits per heavy atom. The minimum atomic E-state index is -0.523. The third kappa shape index (κ3) is 2.71. The molecule has 1 aromatic heterocycles. The molecule has 1 fully saturated rings. The molecule has 0 spiro atoms. The molecular formula is C15H14FN3O2S. The van der Waals surface area contributed by atoms with Crippen LogP contribution < -0.4 is 5.73 Å². The second kappa shape index (κ2) is 5.84. The Kier molecular flexibility index (Phi) is 3.89. The molecule has 2 amide bonds. The van der Waals surface area contributed by atoms with Gasteiger partial charge in [0.2, 0.25) is 0 Å². The molecule has 0 aliphatic carbocycles. The third-order valence-electron chi connectivity index (χ3n) is 3.64. The van der Waals surface area contributed by atoms with Gasteiger partial charge < -0.3 is 10.6 Å². The predicted octanol–water partition coefficient (Wildman–Crippen LogP) is 2.36. The van der Waals surface area contributed by atoms with Gasteiger partial charge in [0.1, 0.15) is 15.7 Å². The number of thiazole rings is 1. The van der Waals surface area contributed by atoms with Crippen LogP contribution in [0.25, 0.3) is 0 Å². The summed E-state index contributed by atoms with van der Waals surface area (Å²) in [4.78, 5) is 30.0. The molecule has 22 heavy (non-hydrogen) atoms. The van der Waals surface area contributed by atoms with Crippen molar-refractivity contribution in [3.63, 3.8) is 0 Å². The molecule has 0 saturated carbocycles. The zero-order valence-corrected chi connectivity index (χ0v) is 12.5. The van der Waals surface area contributed by atoms with Crippen LogP contribution in [0.4, 0.5) is 4.39 Å². The van der Waals surface area contributed by atoms with Gasteiger partial charge in [-0.25, -0.2) is 9.37 Å². The molecule has 1 atom stereocenters. The fourth-order valence-corrected chi connectivity index (χ4v) is 3.53. The summed E-state index contributed by atoms with van der Waals surface area (Å²) in [6.45, 7) is 0.589. The van der Waals surface area contributed by atoms with E-state index in [4.69, 9.17) is 5.73 Å². The normalized spacial score (nSPS) is 17.7. The molecule has 1 unspecified atom stereocenters. The molecule has 0 radical (unpaired) electrons. The van der Waals surface area contributed by atoms with Crippen LogP contribution in [0.3, 0.4) is 0 Å². The van der Waals surface area contributed by atoms with E-state index in [1.807, 2.05) is 0 Å². The van der Waals surface area contributed by atoms with Gasteiger partial charge in [-0.2, -0.15) is 0 Å². The summed E-state index contributed by atoms with van der Waals surface area (Å²) >= 11 is 1.20. The van der Waals surface area contributed by atoms with E-state index in [0.29, 0.717) is 22.0 Å². The van der Waals surface area contributed by atoms with Gasteiger partial charge in [-0.1, -0.05) is 6.07 Å². The highest BCUT2D eigenvalue weighted by atomic mass is 32.1. The summed E-state index contributed by atoms with van der Waals surface area (Å²) in [6.07, 6.45) is 3.05. The van der Waals surface area contributed by atoms with Gasteiger partial charge in [-0.05, 0) is 31.0 Å². The highest BCUT2D eigenvalue weighted by Crippen LogP contribution is 2.35. The average Bonchev–Trinajstić information content (AvgIpc) is 3.15. The van der Waals surface area contributed by atoms with Crippen molar-refractivity contribution in [3.8, 4) is 0 Å². The second-order valence-electron chi connectivity index (χ2n) is 5.09. The van der Waals surface area contributed by atoms with Crippen molar-refractivity contribution in [2.75, 3.05) is 6.54 Å². The Morgan fingerprint density at radius 1 is 1.41 bits per heavy atom. The molecule has 3 rings (SSSR count). The monoisotopic (exact) mass is 319 g/mol. The fourth-order valence-electron chi connectivity index (χ4n) is 2.61. The van der Waals surface area contributed by atoms with Crippen molar-refractivity contribution < 1.29 is 14.0 Å². The standard InChI is InChI=1S/C15H14FN3O2S/c16-10-4-1-3-9(7-10)15(21)19-6-2-5-11(19)14-18-8-12(22-14)13(17)20/h1,3-4,7-8,11H,2,5-6H2,(H2,17,20). The number of primary amides is 1. The molecule has 2 heterocycles. The molecular weight excluding hydrogens is 305 g/mol. The smallest absolute Gasteiger partial charge is 0.260 e.